The molecular formula is C17H20N2O. The summed E-state index contributed by atoms with van der Waals surface area (Å²) in [6.45, 7) is 4.76. The lowest BCUT2D eigenvalue weighted by Gasteiger charge is -2.09. The van der Waals surface area contributed by atoms with E-state index in [4.69, 9.17) is 4.74 Å². The van der Waals surface area contributed by atoms with Gasteiger partial charge in [0.1, 0.15) is 5.75 Å². The molecule has 104 valence electrons. The zero-order valence-electron chi connectivity index (χ0n) is 11.9. The molecule has 0 radical (unpaired) electrons. The Morgan fingerprint density at radius 3 is 2.40 bits per heavy atom. The topological polar surface area (TPSA) is 33.6 Å². The molecule has 2 aromatic rings. The number of hydrazone groups is 1. The van der Waals surface area contributed by atoms with Gasteiger partial charge >= 0.3 is 0 Å². The number of nitrogens with zero attached hydrogens (tertiary/aromatic N) is 1. The average Bonchev–Trinajstić information content (AvgIpc) is 2.46. The Labute approximate surface area is 120 Å². The van der Waals surface area contributed by atoms with Crippen molar-refractivity contribution in [3.63, 3.8) is 0 Å². The summed E-state index contributed by atoms with van der Waals surface area (Å²) in [5, 5.41) is 4.21. The molecule has 0 fully saturated rings. The second-order valence-electron chi connectivity index (χ2n) is 4.81. The number of benzene rings is 2. The Bertz CT molecular complexity index is 533. The highest BCUT2D eigenvalue weighted by Crippen LogP contribution is 2.12. The SMILES string of the molecule is CC(C)Oc1ccc(C=NNCc2ccccc2)cc1. The van der Waals surface area contributed by atoms with E-state index >= 15 is 0 Å². The lowest BCUT2D eigenvalue weighted by atomic mass is 10.2. The molecule has 0 bridgehead atoms. The Kier molecular flexibility index (Phi) is 5.18. The summed E-state index contributed by atoms with van der Waals surface area (Å²) in [6.07, 6.45) is 2.00. The number of ether oxygens (including phenoxy) is 1. The molecule has 0 aromatic heterocycles. The number of hydrogen-bond donors (Lipinski definition) is 1. The van der Waals surface area contributed by atoms with E-state index in [1.165, 1.54) is 5.56 Å². The van der Waals surface area contributed by atoms with E-state index in [0.29, 0.717) is 0 Å². The number of nitrogens with one attached hydrogen (secondary N) is 1. The maximum atomic E-state index is 5.59. The summed E-state index contributed by atoms with van der Waals surface area (Å²) >= 11 is 0. The molecular weight excluding hydrogens is 248 g/mol. The van der Waals surface area contributed by atoms with Gasteiger partial charge in [-0.2, -0.15) is 5.10 Å². The van der Waals surface area contributed by atoms with Crippen molar-refractivity contribution in [2.75, 3.05) is 0 Å². The van der Waals surface area contributed by atoms with Crippen LogP contribution in [0.1, 0.15) is 25.0 Å². The van der Waals surface area contributed by atoms with Gasteiger partial charge in [-0.3, -0.25) is 0 Å². The van der Waals surface area contributed by atoms with Gasteiger partial charge < -0.3 is 10.2 Å². The Balaban J connectivity index is 1.82. The maximum absolute atomic E-state index is 5.59. The first-order valence-corrected chi connectivity index (χ1v) is 6.80. The second kappa shape index (κ2) is 7.34. The molecule has 20 heavy (non-hydrogen) atoms. The van der Waals surface area contributed by atoms with Crippen LogP contribution in [0.5, 0.6) is 5.75 Å². The third-order valence-corrected chi connectivity index (χ3v) is 2.68. The highest BCUT2D eigenvalue weighted by atomic mass is 16.5. The summed E-state index contributed by atoms with van der Waals surface area (Å²) in [5.74, 6) is 0.884. The number of rotatable bonds is 6. The minimum Gasteiger partial charge on any atom is -0.491 e. The summed E-state index contributed by atoms with van der Waals surface area (Å²) in [4.78, 5) is 0. The van der Waals surface area contributed by atoms with Crippen molar-refractivity contribution in [1.29, 1.82) is 0 Å². The van der Waals surface area contributed by atoms with Gasteiger partial charge in [0.05, 0.1) is 18.9 Å². The predicted molar refractivity (Wildman–Crippen MR) is 83.1 cm³/mol. The zero-order chi connectivity index (χ0) is 14.2. The van der Waals surface area contributed by atoms with Gasteiger partial charge in [-0.1, -0.05) is 30.3 Å². The lowest BCUT2D eigenvalue weighted by Crippen LogP contribution is -2.06. The van der Waals surface area contributed by atoms with Gasteiger partial charge in [0.15, 0.2) is 0 Å². The van der Waals surface area contributed by atoms with E-state index < -0.39 is 0 Å². The summed E-state index contributed by atoms with van der Waals surface area (Å²) in [6, 6.07) is 18.1. The van der Waals surface area contributed by atoms with Crippen LogP contribution in [0, 0.1) is 0 Å². The highest BCUT2D eigenvalue weighted by Gasteiger charge is 1.96. The van der Waals surface area contributed by atoms with Gasteiger partial charge in [-0.25, -0.2) is 0 Å². The molecule has 0 amide bonds. The van der Waals surface area contributed by atoms with Crippen molar-refractivity contribution in [2.45, 2.75) is 26.5 Å². The van der Waals surface area contributed by atoms with Crippen molar-refractivity contribution in [3.05, 3.63) is 65.7 Å². The zero-order valence-corrected chi connectivity index (χ0v) is 11.9. The molecule has 0 spiro atoms. The summed E-state index contributed by atoms with van der Waals surface area (Å²) in [7, 11) is 0. The monoisotopic (exact) mass is 268 g/mol. The van der Waals surface area contributed by atoms with Gasteiger partial charge in [-0.05, 0) is 49.2 Å². The highest BCUT2D eigenvalue weighted by molar-refractivity contribution is 5.79. The molecule has 0 saturated carbocycles. The van der Waals surface area contributed by atoms with Crippen LogP contribution in [0.2, 0.25) is 0 Å². The lowest BCUT2D eigenvalue weighted by molar-refractivity contribution is 0.242. The molecule has 1 N–H and O–H groups in total. The van der Waals surface area contributed by atoms with Gasteiger partial charge in [0, 0.05) is 0 Å². The molecule has 3 nitrogen and oxygen atoms in total. The van der Waals surface area contributed by atoms with Crippen molar-refractivity contribution >= 4 is 6.21 Å². The van der Waals surface area contributed by atoms with Gasteiger partial charge in [0.25, 0.3) is 0 Å². The molecule has 0 saturated heterocycles. The minimum atomic E-state index is 0.196. The fourth-order valence-corrected chi connectivity index (χ4v) is 1.76. The predicted octanol–water partition coefficient (Wildman–Crippen LogP) is 3.60. The van der Waals surface area contributed by atoms with Gasteiger partial charge in [-0.15, -0.1) is 0 Å². The largest absolute Gasteiger partial charge is 0.491 e. The van der Waals surface area contributed by atoms with Crippen molar-refractivity contribution in [2.24, 2.45) is 5.10 Å². The first kappa shape index (κ1) is 14.1. The average molecular weight is 268 g/mol. The van der Waals surface area contributed by atoms with Crippen LogP contribution in [0.3, 0.4) is 0 Å². The first-order chi connectivity index (χ1) is 9.74. The third-order valence-electron chi connectivity index (χ3n) is 2.68. The van der Waals surface area contributed by atoms with Crippen LogP contribution in [0.15, 0.2) is 59.7 Å². The quantitative estimate of drug-likeness (QED) is 0.641. The molecule has 3 heteroatoms. The van der Waals surface area contributed by atoms with Crippen LogP contribution in [-0.4, -0.2) is 12.3 Å². The Morgan fingerprint density at radius 1 is 1.05 bits per heavy atom. The normalized spacial score (nSPS) is 10.9. The standard InChI is InChI=1S/C17H20N2O/c1-14(2)20-17-10-8-16(9-11-17)13-19-18-12-15-6-4-3-5-7-15/h3-11,13-14,18H,12H2,1-2H3. The van der Waals surface area contributed by atoms with E-state index in [1.54, 1.807) is 0 Å². The van der Waals surface area contributed by atoms with Crippen molar-refractivity contribution in [3.8, 4) is 5.75 Å². The molecule has 2 rings (SSSR count). The van der Waals surface area contributed by atoms with E-state index in [2.05, 4.69) is 22.7 Å². The van der Waals surface area contributed by atoms with E-state index in [1.807, 2.05) is 62.5 Å². The fraction of sp³-hybridized carbons (Fsp3) is 0.235. The molecule has 2 aromatic carbocycles. The second-order valence-corrected chi connectivity index (χ2v) is 4.81. The van der Waals surface area contributed by atoms with Crippen LogP contribution in [-0.2, 0) is 6.54 Å². The first-order valence-electron chi connectivity index (χ1n) is 6.80. The van der Waals surface area contributed by atoms with Crippen LogP contribution in [0.4, 0.5) is 0 Å². The van der Waals surface area contributed by atoms with Crippen LogP contribution >= 0.6 is 0 Å². The maximum Gasteiger partial charge on any atom is 0.119 e. The van der Waals surface area contributed by atoms with E-state index in [0.717, 1.165) is 17.9 Å². The Hall–Kier alpha value is -2.29. The smallest absolute Gasteiger partial charge is 0.119 e. The molecule has 0 aliphatic rings. The Morgan fingerprint density at radius 2 is 1.75 bits per heavy atom. The molecule has 0 atom stereocenters. The van der Waals surface area contributed by atoms with Crippen LogP contribution in [0.25, 0.3) is 0 Å². The molecule has 0 aliphatic heterocycles. The minimum absolute atomic E-state index is 0.196. The number of hydrogen-bond acceptors (Lipinski definition) is 3. The van der Waals surface area contributed by atoms with E-state index in [9.17, 15) is 0 Å². The molecule has 0 unspecified atom stereocenters. The van der Waals surface area contributed by atoms with Crippen molar-refractivity contribution < 1.29 is 4.74 Å². The van der Waals surface area contributed by atoms with Gasteiger partial charge in [0.2, 0.25) is 0 Å². The third kappa shape index (κ3) is 4.76. The molecule has 0 aliphatic carbocycles. The molecule has 0 heterocycles. The summed E-state index contributed by atoms with van der Waals surface area (Å²) < 4.78 is 5.59. The fourth-order valence-electron chi connectivity index (χ4n) is 1.76. The van der Waals surface area contributed by atoms with E-state index in [-0.39, 0.29) is 6.10 Å². The summed E-state index contributed by atoms with van der Waals surface area (Å²) in [5.41, 5.74) is 5.29. The van der Waals surface area contributed by atoms with Crippen molar-refractivity contribution in [1.82, 2.24) is 5.43 Å². The van der Waals surface area contributed by atoms with Crippen LogP contribution < -0.4 is 10.2 Å².